The highest BCUT2D eigenvalue weighted by Crippen LogP contribution is 2.27. The van der Waals surface area contributed by atoms with Crippen LogP contribution in [0.4, 0.5) is 5.69 Å². The number of hydrogen-bond acceptors (Lipinski definition) is 6. The standard InChI is InChI=1S/C21H23N5O4S/c1-15-11-18(12-23-14-27)21(22,24-16(15)2)26-10-6-9-19(20(26)28)25-31(29,30)13-17-7-4-3-5-8-17/h3-11,14,25H,1,12-13,22H2,2H3,(H,23,27). The molecule has 1 aliphatic heterocycles. The Morgan fingerprint density at radius 3 is 2.61 bits per heavy atom. The summed E-state index contributed by atoms with van der Waals surface area (Å²) in [4.78, 5) is 28.4. The second-order valence-electron chi connectivity index (χ2n) is 7.06. The first kappa shape index (κ1) is 22.2. The predicted molar refractivity (Wildman–Crippen MR) is 120 cm³/mol. The summed E-state index contributed by atoms with van der Waals surface area (Å²) in [5.74, 6) is -1.94. The highest BCUT2D eigenvalue weighted by atomic mass is 32.2. The van der Waals surface area contributed by atoms with E-state index in [0.29, 0.717) is 28.8 Å². The fraction of sp³-hybridized carbons (Fsp3) is 0.190. The molecule has 162 valence electrons. The molecule has 1 aromatic carbocycles. The highest BCUT2D eigenvalue weighted by molar-refractivity contribution is 7.91. The number of nitrogens with one attached hydrogen (secondary N) is 2. The molecule has 0 aliphatic carbocycles. The molecule has 3 rings (SSSR count). The van der Waals surface area contributed by atoms with Crippen molar-refractivity contribution in [2.24, 2.45) is 10.7 Å². The first-order valence-electron chi connectivity index (χ1n) is 9.35. The Morgan fingerprint density at radius 1 is 1.23 bits per heavy atom. The molecule has 10 heteroatoms. The summed E-state index contributed by atoms with van der Waals surface area (Å²) in [5.41, 5.74) is 7.77. The fourth-order valence-electron chi connectivity index (χ4n) is 3.20. The molecule has 0 saturated heterocycles. The second-order valence-corrected chi connectivity index (χ2v) is 8.78. The molecule has 0 radical (unpaired) electrons. The molecule has 0 bridgehead atoms. The molecule has 1 aromatic heterocycles. The molecule has 0 spiro atoms. The first-order valence-corrected chi connectivity index (χ1v) is 11.0. The zero-order valence-corrected chi connectivity index (χ0v) is 17.7. The number of allylic oxidation sites excluding steroid dienone is 2. The zero-order chi connectivity index (χ0) is 22.6. The van der Waals surface area contributed by atoms with Crippen LogP contribution in [-0.4, -0.2) is 31.7 Å². The molecular weight excluding hydrogens is 418 g/mol. The number of rotatable bonds is 8. The van der Waals surface area contributed by atoms with E-state index >= 15 is 0 Å². The van der Waals surface area contributed by atoms with Gasteiger partial charge in [0, 0.05) is 24.0 Å². The van der Waals surface area contributed by atoms with E-state index in [1.54, 1.807) is 43.3 Å². The van der Waals surface area contributed by atoms with Crippen LogP contribution in [0, 0.1) is 0 Å². The van der Waals surface area contributed by atoms with Gasteiger partial charge in [-0.25, -0.2) is 13.4 Å². The summed E-state index contributed by atoms with van der Waals surface area (Å²) in [6, 6.07) is 11.5. The Labute approximate surface area is 180 Å². The third-order valence-corrected chi connectivity index (χ3v) is 6.02. The summed E-state index contributed by atoms with van der Waals surface area (Å²) in [6.45, 7) is 5.61. The van der Waals surface area contributed by atoms with E-state index in [4.69, 9.17) is 5.73 Å². The van der Waals surface area contributed by atoms with Crippen molar-refractivity contribution in [2.75, 3.05) is 11.3 Å². The first-order chi connectivity index (χ1) is 14.7. The van der Waals surface area contributed by atoms with Gasteiger partial charge in [-0.15, -0.1) is 0 Å². The van der Waals surface area contributed by atoms with Crippen LogP contribution < -0.4 is 21.3 Å². The molecule has 4 N–H and O–H groups in total. The van der Waals surface area contributed by atoms with Gasteiger partial charge >= 0.3 is 0 Å². The second kappa shape index (κ2) is 8.70. The number of dihydropyridines is 1. The van der Waals surface area contributed by atoms with Crippen LogP contribution in [0.15, 0.2) is 82.2 Å². The number of hydrogen-bond donors (Lipinski definition) is 3. The predicted octanol–water partition coefficient (Wildman–Crippen LogP) is 1.06. The number of aromatic nitrogens is 1. The number of nitrogens with two attached hydrogens (primary N) is 1. The van der Waals surface area contributed by atoms with Gasteiger partial charge in [-0.2, -0.15) is 0 Å². The number of pyridine rings is 1. The Hall–Kier alpha value is -3.50. The van der Waals surface area contributed by atoms with Crippen molar-refractivity contribution in [3.05, 3.63) is 88.4 Å². The Bertz CT molecular complexity index is 1230. The van der Waals surface area contributed by atoms with Crippen LogP contribution in [0.2, 0.25) is 0 Å². The van der Waals surface area contributed by atoms with Crippen LogP contribution in [0.25, 0.3) is 0 Å². The van der Waals surface area contributed by atoms with Crippen molar-refractivity contribution >= 4 is 27.8 Å². The maximum Gasteiger partial charge on any atom is 0.278 e. The molecule has 0 fully saturated rings. The van der Waals surface area contributed by atoms with E-state index in [1.807, 2.05) is 0 Å². The van der Waals surface area contributed by atoms with Crippen molar-refractivity contribution in [1.29, 1.82) is 0 Å². The van der Waals surface area contributed by atoms with Crippen molar-refractivity contribution in [3.63, 3.8) is 0 Å². The topological polar surface area (TPSA) is 136 Å². The molecule has 9 nitrogen and oxygen atoms in total. The number of nitrogens with zero attached hydrogens (tertiary/aromatic N) is 2. The molecule has 1 amide bonds. The summed E-state index contributed by atoms with van der Waals surface area (Å²) >= 11 is 0. The Balaban J connectivity index is 1.99. The van der Waals surface area contributed by atoms with Gasteiger partial charge in [0.05, 0.1) is 5.75 Å². The maximum absolute atomic E-state index is 13.2. The number of aliphatic imine (C=N–C) groups is 1. The number of carbonyl (C=O) groups excluding carboxylic acids is 1. The molecular formula is C21H23N5O4S. The van der Waals surface area contributed by atoms with Crippen molar-refractivity contribution in [3.8, 4) is 0 Å². The average Bonchev–Trinajstić information content (AvgIpc) is 2.71. The minimum Gasteiger partial charge on any atom is -0.355 e. The number of carbonyl (C=O) groups is 1. The lowest BCUT2D eigenvalue weighted by molar-refractivity contribution is -0.109. The largest absolute Gasteiger partial charge is 0.355 e. The molecule has 2 aromatic rings. The van der Waals surface area contributed by atoms with Gasteiger partial charge < -0.3 is 5.32 Å². The van der Waals surface area contributed by atoms with Gasteiger partial charge in [0.15, 0.2) is 0 Å². The van der Waals surface area contributed by atoms with Crippen molar-refractivity contribution in [2.45, 2.75) is 18.5 Å². The van der Waals surface area contributed by atoms with Crippen molar-refractivity contribution < 1.29 is 13.2 Å². The number of amides is 1. The van der Waals surface area contributed by atoms with E-state index < -0.39 is 21.4 Å². The summed E-state index contributed by atoms with van der Waals surface area (Å²) in [6.07, 6.45) is 3.57. The minimum absolute atomic E-state index is 0.0339. The van der Waals surface area contributed by atoms with E-state index in [9.17, 15) is 18.0 Å². The molecule has 1 unspecified atom stereocenters. The lowest BCUT2D eigenvalue weighted by Gasteiger charge is -2.34. The molecule has 1 aliphatic rings. The number of benzene rings is 1. The highest BCUT2D eigenvalue weighted by Gasteiger charge is 2.35. The summed E-state index contributed by atoms with van der Waals surface area (Å²) in [5, 5.41) is 2.51. The monoisotopic (exact) mass is 441 g/mol. The van der Waals surface area contributed by atoms with Gasteiger partial charge in [0.25, 0.3) is 5.56 Å². The molecule has 31 heavy (non-hydrogen) atoms. The fourth-order valence-corrected chi connectivity index (χ4v) is 4.39. The normalized spacial score (nSPS) is 18.7. The lowest BCUT2D eigenvalue weighted by atomic mass is 9.98. The average molecular weight is 442 g/mol. The Kier molecular flexibility index (Phi) is 6.23. The van der Waals surface area contributed by atoms with Crippen molar-refractivity contribution in [1.82, 2.24) is 9.88 Å². The van der Waals surface area contributed by atoms with Gasteiger partial charge in [-0.05, 0) is 36.3 Å². The quantitative estimate of drug-likeness (QED) is 0.527. The van der Waals surface area contributed by atoms with E-state index in [-0.39, 0.29) is 18.0 Å². The minimum atomic E-state index is -3.85. The summed E-state index contributed by atoms with van der Waals surface area (Å²) < 4.78 is 28.7. The number of sulfonamides is 1. The van der Waals surface area contributed by atoms with Gasteiger partial charge in [0.1, 0.15) is 5.69 Å². The van der Waals surface area contributed by atoms with Gasteiger partial charge in [-0.1, -0.05) is 36.9 Å². The van der Waals surface area contributed by atoms with E-state index in [0.717, 1.165) is 4.57 Å². The van der Waals surface area contributed by atoms with Gasteiger partial charge in [-0.3, -0.25) is 24.6 Å². The number of anilines is 1. The SMILES string of the molecule is C=C1C=C(CNC=O)C(N)(n2cccc(NS(=O)(=O)Cc3ccccc3)c2=O)N=C1C. The van der Waals surface area contributed by atoms with Crippen LogP contribution in [0.3, 0.4) is 0 Å². The lowest BCUT2D eigenvalue weighted by Crippen LogP contribution is -2.52. The molecule has 1 atom stereocenters. The smallest absolute Gasteiger partial charge is 0.278 e. The van der Waals surface area contributed by atoms with Crippen LogP contribution in [-0.2, 0) is 26.4 Å². The molecule has 0 saturated carbocycles. The zero-order valence-electron chi connectivity index (χ0n) is 16.9. The summed E-state index contributed by atoms with van der Waals surface area (Å²) in [7, 11) is -3.85. The van der Waals surface area contributed by atoms with Crippen LogP contribution in [0.1, 0.15) is 12.5 Å². The van der Waals surface area contributed by atoms with Crippen LogP contribution >= 0.6 is 0 Å². The van der Waals surface area contributed by atoms with E-state index in [1.165, 1.54) is 18.3 Å². The Morgan fingerprint density at radius 2 is 1.94 bits per heavy atom. The maximum atomic E-state index is 13.2. The third-order valence-electron chi connectivity index (χ3n) is 4.78. The van der Waals surface area contributed by atoms with E-state index in [2.05, 4.69) is 21.6 Å². The van der Waals surface area contributed by atoms with Gasteiger partial charge in [0.2, 0.25) is 22.2 Å². The third kappa shape index (κ3) is 4.81. The van der Waals surface area contributed by atoms with Crippen LogP contribution in [0.5, 0.6) is 0 Å². The molecule has 2 heterocycles.